The number of nitrogens with zero attached hydrogens (tertiary/aromatic N) is 1. The molecule has 0 unspecified atom stereocenters. The van der Waals surface area contributed by atoms with Crippen LogP contribution >= 0.6 is 0 Å². The Kier molecular flexibility index (Phi) is 6.21. The molecule has 1 fully saturated rings. The van der Waals surface area contributed by atoms with Crippen molar-refractivity contribution in [2.24, 2.45) is 5.92 Å². The lowest BCUT2D eigenvalue weighted by molar-refractivity contribution is -0.143. The summed E-state index contributed by atoms with van der Waals surface area (Å²) in [6.45, 7) is 2.38. The minimum Gasteiger partial charge on any atom is -0.481 e. The maximum absolute atomic E-state index is 11.2. The summed E-state index contributed by atoms with van der Waals surface area (Å²) in [5.41, 5.74) is 1.63. The summed E-state index contributed by atoms with van der Waals surface area (Å²) in [6.07, 6.45) is 2.49. The Morgan fingerprint density at radius 3 is 2.11 bits per heavy atom. The second-order valence-corrected chi connectivity index (χ2v) is 8.78. The highest BCUT2D eigenvalue weighted by Crippen LogP contribution is 2.25. The SMILES string of the molecule is CS(=O)(=O)Nc1ccc(Oc2ccc(CN3CCC(C(=O)O)CC3)cc2)cc1. The number of nitrogens with one attached hydrogen (secondary N) is 1. The average molecular weight is 404 g/mol. The number of anilines is 1. The molecule has 2 aromatic rings. The van der Waals surface area contributed by atoms with Crippen molar-refractivity contribution >= 4 is 21.7 Å². The first kappa shape index (κ1) is 20.2. The molecule has 0 saturated carbocycles. The van der Waals surface area contributed by atoms with Crippen LogP contribution in [0.1, 0.15) is 18.4 Å². The molecule has 0 aromatic heterocycles. The summed E-state index contributed by atoms with van der Waals surface area (Å²) in [7, 11) is -3.30. The Hall–Kier alpha value is -2.58. The molecule has 1 aliphatic rings. The van der Waals surface area contributed by atoms with Crippen LogP contribution in [0.4, 0.5) is 5.69 Å². The van der Waals surface area contributed by atoms with Crippen molar-refractivity contribution in [1.29, 1.82) is 0 Å². The number of aliphatic carboxylic acids is 1. The van der Waals surface area contributed by atoms with E-state index in [2.05, 4.69) is 9.62 Å². The molecule has 150 valence electrons. The minimum atomic E-state index is -3.30. The van der Waals surface area contributed by atoms with Crippen molar-refractivity contribution in [3.8, 4) is 11.5 Å². The van der Waals surface area contributed by atoms with Crippen LogP contribution in [0.5, 0.6) is 11.5 Å². The standard InChI is InChI=1S/C20H24N2O5S/c1-28(25,26)21-17-4-8-19(9-5-17)27-18-6-2-15(3-7-18)14-22-12-10-16(11-13-22)20(23)24/h2-9,16,21H,10-14H2,1H3,(H,23,24). The quantitative estimate of drug-likeness (QED) is 0.736. The Labute approximate surface area is 165 Å². The lowest BCUT2D eigenvalue weighted by Gasteiger charge is -2.30. The summed E-state index contributed by atoms with van der Waals surface area (Å²) >= 11 is 0. The molecule has 0 bridgehead atoms. The number of carboxylic acid groups (broad SMARTS) is 1. The number of ether oxygens (including phenoxy) is 1. The number of carbonyl (C=O) groups is 1. The van der Waals surface area contributed by atoms with E-state index >= 15 is 0 Å². The van der Waals surface area contributed by atoms with E-state index in [9.17, 15) is 13.2 Å². The molecule has 1 heterocycles. The Morgan fingerprint density at radius 1 is 1.07 bits per heavy atom. The van der Waals surface area contributed by atoms with E-state index in [1.54, 1.807) is 24.3 Å². The van der Waals surface area contributed by atoms with Crippen LogP contribution in [-0.2, 0) is 21.4 Å². The monoisotopic (exact) mass is 404 g/mol. The Morgan fingerprint density at radius 2 is 1.61 bits per heavy atom. The molecule has 8 heteroatoms. The first-order valence-electron chi connectivity index (χ1n) is 9.08. The fourth-order valence-corrected chi connectivity index (χ4v) is 3.76. The third kappa shape index (κ3) is 5.97. The van der Waals surface area contributed by atoms with Crippen LogP contribution in [0.3, 0.4) is 0 Å². The van der Waals surface area contributed by atoms with Gasteiger partial charge in [0.15, 0.2) is 0 Å². The summed E-state index contributed by atoms with van der Waals surface area (Å²) < 4.78 is 30.7. The van der Waals surface area contributed by atoms with Crippen molar-refractivity contribution < 1.29 is 23.1 Å². The van der Waals surface area contributed by atoms with Crippen molar-refractivity contribution in [3.63, 3.8) is 0 Å². The molecular weight excluding hydrogens is 380 g/mol. The molecule has 1 saturated heterocycles. The van der Waals surface area contributed by atoms with E-state index in [1.165, 1.54) is 0 Å². The van der Waals surface area contributed by atoms with Crippen LogP contribution in [0.2, 0.25) is 0 Å². The molecule has 0 atom stereocenters. The van der Waals surface area contributed by atoms with Gasteiger partial charge in [-0.25, -0.2) is 8.42 Å². The highest BCUT2D eigenvalue weighted by atomic mass is 32.2. The second-order valence-electron chi connectivity index (χ2n) is 7.03. The van der Waals surface area contributed by atoms with E-state index in [4.69, 9.17) is 9.84 Å². The van der Waals surface area contributed by atoms with Crippen LogP contribution in [0.25, 0.3) is 0 Å². The van der Waals surface area contributed by atoms with Gasteiger partial charge in [-0.1, -0.05) is 12.1 Å². The summed E-state index contributed by atoms with van der Waals surface area (Å²) in [5, 5.41) is 9.07. The maximum atomic E-state index is 11.2. The first-order chi connectivity index (χ1) is 13.3. The van der Waals surface area contributed by atoms with Gasteiger partial charge in [-0.05, 0) is 67.9 Å². The Balaban J connectivity index is 1.52. The van der Waals surface area contributed by atoms with Crippen LogP contribution in [0.15, 0.2) is 48.5 Å². The molecule has 2 aromatic carbocycles. The zero-order valence-electron chi connectivity index (χ0n) is 15.7. The Bertz CT molecular complexity index is 903. The topological polar surface area (TPSA) is 95.9 Å². The molecule has 7 nitrogen and oxygen atoms in total. The lowest BCUT2D eigenvalue weighted by Crippen LogP contribution is -2.35. The normalized spacial score (nSPS) is 15.9. The second kappa shape index (κ2) is 8.62. The van der Waals surface area contributed by atoms with Crippen LogP contribution in [-0.4, -0.2) is 43.7 Å². The van der Waals surface area contributed by atoms with Crippen molar-refractivity contribution in [3.05, 3.63) is 54.1 Å². The van der Waals surface area contributed by atoms with Crippen molar-refractivity contribution in [2.45, 2.75) is 19.4 Å². The number of benzene rings is 2. The lowest BCUT2D eigenvalue weighted by atomic mass is 9.97. The van der Waals surface area contributed by atoms with Crippen LogP contribution in [0, 0.1) is 5.92 Å². The molecule has 1 aliphatic heterocycles. The summed E-state index contributed by atoms with van der Waals surface area (Å²) in [4.78, 5) is 13.3. The predicted molar refractivity (Wildman–Crippen MR) is 107 cm³/mol. The van der Waals surface area contributed by atoms with Gasteiger partial charge in [0.2, 0.25) is 10.0 Å². The highest BCUT2D eigenvalue weighted by molar-refractivity contribution is 7.92. The molecular formula is C20H24N2O5S. The maximum Gasteiger partial charge on any atom is 0.306 e. The number of hydrogen-bond acceptors (Lipinski definition) is 5. The van der Waals surface area contributed by atoms with E-state index < -0.39 is 16.0 Å². The minimum absolute atomic E-state index is 0.217. The smallest absolute Gasteiger partial charge is 0.306 e. The zero-order chi connectivity index (χ0) is 20.1. The third-order valence-electron chi connectivity index (χ3n) is 4.66. The van der Waals surface area contributed by atoms with E-state index in [0.29, 0.717) is 30.0 Å². The molecule has 2 N–H and O–H groups in total. The van der Waals surface area contributed by atoms with E-state index in [-0.39, 0.29) is 5.92 Å². The number of carboxylic acids is 1. The fourth-order valence-electron chi connectivity index (χ4n) is 3.20. The average Bonchev–Trinajstić information content (AvgIpc) is 2.64. The van der Waals surface area contributed by atoms with Crippen LogP contribution < -0.4 is 9.46 Å². The molecule has 0 amide bonds. The van der Waals surface area contributed by atoms with Crippen molar-refractivity contribution in [1.82, 2.24) is 4.90 Å². The zero-order valence-corrected chi connectivity index (χ0v) is 16.5. The third-order valence-corrected chi connectivity index (χ3v) is 5.27. The van der Waals surface area contributed by atoms with Gasteiger partial charge in [-0.3, -0.25) is 14.4 Å². The van der Waals surface area contributed by atoms with Gasteiger partial charge >= 0.3 is 5.97 Å². The van der Waals surface area contributed by atoms with Gasteiger partial charge in [0, 0.05) is 12.2 Å². The molecule has 0 spiro atoms. The molecule has 3 rings (SSSR count). The fraction of sp³-hybridized carbons (Fsp3) is 0.350. The molecule has 28 heavy (non-hydrogen) atoms. The van der Waals surface area contributed by atoms with Gasteiger partial charge in [-0.15, -0.1) is 0 Å². The predicted octanol–water partition coefficient (Wildman–Crippen LogP) is 3.15. The van der Waals surface area contributed by atoms with E-state index in [0.717, 1.165) is 31.5 Å². The van der Waals surface area contributed by atoms with Gasteiger partial charge in [0.25, 0.3) is 0 Å². The summed E-state index contributed by atoms with van der Waals surface area (Å²) in [5.74, 6) is 0.395. The number of piperidine rings is 1. The molecule has 0 aliphatic carbocycles. The van der Waals surface area contributed by atoms with E-state index in [1.807, 2.05) is 24.3 Å². The number of rotatable bonds is 7. The number of hydrogen-bond donors (Lipinski definition) is 2. The van der Waals surface area contributed by atoms with Gasteiger partial charge in [-0.2, -0.15) is 0 Å². The molecule has 0 radical (unpaired) electrons. The number of sulfonamides is 1. The van der Waals surface area contributed by atoms with Crippen molar-refractivity contribution in [2.75, 3.05) is 24.1 Å². The van der Waals surface area contributed by atoms with Gasteiger partial charge in [0.05, 0.1) is 12.2 Å². The van der Waals surface area contributed by atoms with Gasteiger partial charge < -0.3 is 9.84 Å². The highest BCUT2D eigenvalue weighted by Gasteiger charge is 2.24. The first-order valence-corrected chi connectivity index (χ1v) is 11.0. The number of likely N-dealkylation sites (tertiary alicyclic amines) is 1. The summed E-state index contributed by atoms with van der Waals surface area (Å²) in [6, 6.07) is 14.5. The largest absolute Gasteiger partial charge is 0.481 e. The van der Waals surface area contributed by atoms with Gasteiger partial charge in [0.1, 0.15) is 11.5 Å².